The second kappa shape index (κ2) is 10.4. The van der Waals surface area contributed by atoms with Crippen LogP contribution in [0.4, 0.5) is 0 Å². The van der Waals surface area contributed by atoms with E-state index in [9.17, 15) is 9.59 Å². The first kappa shape index (κ1) is 23.3. The van der Waals surface area contributed by atoms with Crippen LogP contribution in [0.1, 0.15) is 41.3 Å². The highest BCUT2D eigenvalue weighted by molar-refractivity contribution is 6.00. The number of furan rings is 1. The third kappa shape index (κ3) is 5.54. The highest BCUT2D eigenvalue weighted by Gasteiger charge is 2.25. The molecule has 4 aromatic rings. The number of fused-ring (bicyclic) bond motifs is 1. The Kier molecular flexibility index (Phi) is 7.12. The molecule has 0 spiro atoms. The summed E-state index contributed by atoms with van der Waals surface area (Å²) in [5.41, 5.74) is 1.60. The molecule has 4 rings (SSSR count). The lowest BCUT2D eigenvalue weighted by molar-refractivity contribution is -0.133. The van der Waals surface area contributed by atoms with Crippen LogP contribution < -0.4 is 0 Å². The molecular formula is C29H30N2O3. The summed E-state index contributed by atoms with van der Waals surface area (Å²) in [4.78, 5) is 30.3. The number of amides is 2. The molecule has 3 aromatic carbocycles. The maximum absolute atomic E-state index is 13.5. The normalized spacial score (nSPS) is 11.1. The maximum atomic E-state index is 13.5. The largest absolute Gasteiger partial charge is 0.464 e. The Morgan fingerprint density at radius 1 is 0.824 bits per heavy atom. The summed E-state index contributed by atoms with van der Waals surface area (Å²) in [5.74, 6) is 1.25. The second-order valence-corrected chi connectivity index (χ2v) is 8.84. The van der Waals surface area contributed by atoms with E-state index in [4.69, 9.17) is 4.42 Å². The fourth-order valence-corrected chi connectivity index (χ4v) is 4.02. The summed E-state index contributed by atoms with van der Waals surface area (Å²) in [6, 6.07) is 27.1. The molecule has 0 bridgehead atoms. The van der Waals surface area contributed by atoms with E-state index < -0.39 is 0 Å². The van der Waals surface area contributed by atoms with Gasteiger partial charge < -0.3 is 14.2 Å². The average molecular weight is 455 g/mol. The van der Waals surface area contributed by atoms with Gasteiger partial charge in [0.15, 0.2) is 0 Å². The van der Waals surface area contributed by atoms with Gasteiger partial charge in [-0.15, -0.1) is 0 Å². The molecule has 174 valence electrons. The predicted molar refractivity (Wildman–Crippen MR) is 134 cm³/mol. The fourth-order valence-electron chi connectivity index (χ4n) is 4.02. The summed E-state index contributed by atoms with van der Waals surface area (Å²) < 4.78 is 5.74. The zero-order chi connectivity index (χ0) is 24.1. The van der Waals surface area contributed by atoms with Crippen molar-refractivity contribution in [2.24, 2.45) is 0 Å². The molecule has 0 unspecified atom stereocenters. The van der Waals surface area contributed by atoms with Gasteiger partial charge in [-0.25, -0.2) is 0 Å². The summed E-state index contributed by atoms with van der Waals surface area (Å²) in [7, 11) is 0. The summed E-state index contributed by atoms with van der Waals surface area (Å²) >= 11 is 0. The van der Waals surface area contributed by atoms with Crippen molar-refractivity contribution in [2.45, 2.75) is 39.9 Å². The molecule has 0 atom stereocenters. The SMILES string of the molecule is Cc1ccc(CN(Cc2ccccc2)C(=O)CN(C(=O)c2ccc3ccccc3c2)C(C)C)o1. The Hall–Kier alpha value is -3.86. The van der Waals surface area contributed by atoms with Crippen LogP contribution in [0.2, 0.25) is 0 Å². The van der Waals surface area contributed by atoms with Crippen molar-refractivity contribution in [3.8, 4) is 0 Å². The maximum Gasteiger partial charge on any atom is 0.254 e. The lowest BCUT2D eigenvalue weighted by Crippen LogP contribution is -2.45. The first-order chi connectivity index (χ1) is 16.4. The fraction of sp³-hybridized carbons (Fsp3) is 0.241. The predicted octanol–water partition coefficient (Wildman–Crippen LogP) is 5.82. The zero-order valence-electron chi connectivity index (χ0n) is 19.9. The van der Waals surface area contributed by atoms with E-state index in [0.717, 1.165) is 27.9 Å². The Labute approximate surface area is 200 Å². The third-order valence-corrected chi connectivity index (χ3v) is 5.90. The minimum absolute atomic E-state index is 0.00412. The number of carbonyl (C=O) groups is 2. The van der Waals surface area contributed by atoms with E-state index >= 15 is 0 Å². The number of rotatable bonds is 8. The summed E-state index contributed by atoms with van der Waals surface area (Å²) in [6.07, 6.45) is 0. The van der Waals surface area contributed by atoms with E-state index in [-0.39, 0.29) is 24.4 Å². The van der Waals surface area contributed by atoms with Gasteiger partial charge >= 0.3 is 0 Å². The Bertz CT molecular complexity index is 1280. The summed E-state index contributed by atoms with van der Waals surface area (Å²) in [6.45, 7) is 6.53. The van der Waals surface area contributed by atoms with Gasteiger partial charge in [0.05, 0.1) is 6.54 Å². The van der Waals surface area contributed by atoms with Gasteiger partial charge in [-0.3, -0.25) is 9.59 Å². The van der Waals surface area contributed by atoms with E-state index in [1.54, 1.807) is 9.80 Å². The standard InChI is InChI=1S/C29H30N2O3/c1-21(2)31(29(33)26-15-14-24-11-7-8-12-25(24)17-26)20-28(32)30(18-23-9-5-4-6-10-23)19-27-16-13-22(3)34-27/h4-17,21H,18-20H2,1-3H3. The first-order valence-corrected chi connectivity index (χ1v) is 11.6. The molecule has 1 aromatic heterocycles. The van der Waals surface area contributed by atoms with Crippen LogP contribution in [0, 0.1) is 6.92 Å². The van der Waals surface area contributed by atoms with Crippen LogP contribution in [0.3, 0.4) is 0 Å². The lowest BCUT2D eigenvalue weighted by atomic mass is 10.1. The van der Waals surface area contributed by atoms with Crippen LogP contribution in [0.5, 0.6) is 0 Å². The minimum atomic E-state index is -0.150. The quantitative estimate of drug-likeness (QED) is 0.337. The zero-order valence-corrected chi connectivity index (χ0v) is 19.9. The van der Waals surface area contributed by atoms with Crippen molar-refractivity contribution in [3.63, 3.8) is 0 Å². The van der Waals surface area contributed by atoms with Crippen molar-refractivity contribution in [3.05, 3.63) is 108 Å². The van der Waals surface area contributed by atoms with Crippen LogP contribution >= 0.6 is 0 Å². The number of carbonyl (C=O) groups excluding carboxylic acids is 2. The van der Waals surface area contributed by atoms with Crippen molar-refractivity contribution < 1.29 is 14.0 Å². The van der Waals surface area contributed by atoms with Gasteiger partial charge in [-0.1, -0.05) is 60.7 Å². The molecule has 0 aliphatic rings. The molecule has 0 fully saturated rings. The Balaban J connectivity index is 1.56. The monoisotopic (exact) mass is 454 g/mol. The molecule has 0 saturated carbocycles. The van der Waals surface area contributed by atoms with Crippen LogP contribution in [-0.2, 0) is 17.9 Å². The molecule has 5 heteroatoms. The van der Waals surface area contributed by atoms with Crippen molar-refractivity contribution >= 4 is 22.6 Å². The number of benzene rings is 3. The third-order valence-electron chi connectivity index (χ3n) is 5.90. The van der Waals surface area contributed by atoms with Crippen molar-refractivity contribution in [1.29, 1.82) is 0 Å². The summed E-state index contributed by atoms with van der Waals surface area (Å²) in [5, 5.41) is 2.08. The highest BCUT2D eigenvalue weighted by atomic mass is 16.3. The molecule has 0 radical (unpaired) electrons. The van der Waals surface area contributed by atoms with Gasteiger partial charge in [0, 0.05) is 18.2 Å². The Morgan fingerprint density at radius 3 is 2.21 bits per heavy atom. The number of hydrogen-bond acceptors (Lipinski definition) is 3. The number of nitrogens with zero attached hydrogens (tertiary/aromatic N) is 2. The molecule has 0 N–H and O–H groups in total. The molecule has 0 aliphatic carbocycles. The van der Waals surface area contributed by atoms with Gasteiger partial charge in [-0.2, -0.15) is 0 Å². The Morgan fingerprint density at radius 2 is 1.53 bits per heavy atom. The molecule has 1 heterocycles. The molecule has 5 nitrogen and oxygen atoms in total. The van der Waals surface area contributed by atoms with Crippen LogP contribution in [-0.4, -0.2) is 34.2 Å². The second-order valence-electron chi connectivity index (χ2n) is 8.84. The van der Waals surface area contributed by atoms with Gasteiger partial charge in [-0.05, 0) is 61.4 Å². The molecule has 0 aliphatic heterocycles. The van der Waals surface area contributed by atoms with E-state index in [2.05, 4.69) is 0 Å². The molecule has 2 amide bonds. The van der Waals surface area contributed by atoms with E-state index in [0.29, 0.717) is 18.7 Å². The topological polar surface area (TPSA) is 53.8 Å². The van der Waals surface area contributed by atoms with Gasteiger partial charge in [0.2, 0.25) is 5.91 Å². The van der Waals surface area contributed by atoms with Crippen LogP contribution in [0.25, 0.3) is 10.8 Å². The van der Waals surface area contributed by atoms with Crippen molar-refractivity contribution in [1.82, 2.24) is 9.80 Å². The molecule has 0 saturated heterocycles. The molecular weight excluding hydrogens is 424 g/mol. The van der Waals surface area contributed by atoms with Gasteiger partial charge in [0.1, 0.15) is 18.1 Å². The number of hydrogen-bond donors (Lipinski definition) is 0. The van der Waals surface area contributed by atoms with Crippen molar-refractivity contribution in [2.75, 3.05) is 6.54 Å². The van der Waals surface area contributed by atoms with Crippen LogP contribution in [0.15, 0.2) is 89.3 Å². The van der Waals surface area contributed by atoms with E-state index in [1.807, 2.05) is 106 Å². The lowest BCUT2D eigenvalue weighted by Gasteiger charge is -2.30. The minimum Gasteiger partial charge on any atom is -0.464 e. The smallest absolute Gasteiger partial charge is 0.254 e. The van der Waals surface area contributed by atoms with Gasteiger partial charge in [0.25, 0.3) is 5.91 Å². The first-order valence-electron chi connectivity index (χ1n) is 11.6. The van der Waals surface area contributed by atoms with E-state index in [1.165, 1.54) is 0 Å². The number of aryl methyl sites for hydroxylation is 1. The molecule has 34 heavy (non-hydrogen) atoms. The average Bonchev–Trinajstić information content (AvgIpc) is 3.26. The highest BCUT2D eigenvalue weighted by Crippen LogP contribution is 2.19.